The first-order valence-corrected chi connectivity index (χ1v) is 11.0. The molecule has 0 aromatic carbocycles. The average molecular weight is 416 g/mol. The third-order valence-electron chi connectivity index (χ3n) is 5.79. The number of nitriles is 1. The first-order valence-electron chi connectivity index (χ1n) is 11.0. The number of likely N-dealkylation sites (tertiary alicyclic amines) is 1. The zero-order chi connectivity index (χ0) is 21.6. The van der Waals surface area contributed by atoms with Crippen LogP contribution in [0.3, 0.4) is 0 Å². The van der Waals surface area contributed by atoms with Crippen LogP contribution in [-0.4, -0.2) is 31.2 Å². The first-order chi connectivity index (χ1) is 15.2. The molecule has 7 nitrogen and oxygen atoms in total. The highest BCUT2D eigenvalue weighted by Gasteiger charge is 2.28. The number of anilines is 2. The summed E-state index contributed by atoms with van der Waals surface area (Å²) < 4.78 is 2.09. The second kappa shape index (κ2) is 9.71. The van der Waals surface area contributed by atoms with Gasteiger partial charge in [-0.05, 0) is 57.0 Å². The Balaban J connectivity index is 1.46. The van der Waals surface area contributed by atoms with Crippen molar-refractivity contribution >= 4 is 11.5 Å². The molecule has 0 amide bonds. The van der Waals surface area contributed by atoms with Crippen molar-refractivity contribution in [3.05, 3.63) is 65.4 Å². The van der Waals surface area contributed by atoms with Gasteiger partial charge < -0.3 is 5.32 Å². The SMILES string of the molecule is CCCCn1cc(CN2CCCC2c2cccc(Nc3ccc(C#N)nc3)n2)c(C)n1. The van der Waals surface area contributed by atoms with Crippen LogP contribution in [0.5, 0.6) is 0 Å². The predicted octanol–water partition coefficient (Wildman–Crippen LogP) is 4.73. The van der Waals surface area contributed by atoms with E-state index in [1.807, 2.05) is 24.3 Å². The van der Waals surface area contributed by atoms with Crippen LogP contribution in [0, 0.1) is 18.3 Å². The molecule has 0 saturated carbocycles. The summed E-state index contributed by atoms with van der Waals surface area (Å²) >= 11 is 0. The van der Waals surface area contributed by atoms with E-state index in [9.17, 15) is 0 Å². The quantitative estimate of drug-likeness (QED) is 0.572. The van der Waals surface area contributed by atoms with Crippen molar-refractivity contribution in [1.82, 2.24) is 24.6 Å². The number of nitrogens with one attached hydrogen (secondary N) is 1. The van der Waals surface area contributed by atoms with Crippen LogP contribution >= 0.6 is 0 Å². The number of nitrogens with zero attached hydrogens (tertiary/aromatic N) is 6. The van der Waals surface area contributed by atoms with E-state index < -0.39 is 0 Å². The molecular weight excluding hydrogens is 386 g/mol. The largest absolute Gasteiger partial charge is 0.339 e. The topological polar surface area (TPSA) is 82.7 Å². The van der Waals surface area contributed by atoms with Crippen molar-refractivity contribution in [3.8, 4) is 6.07 Å². The van der Waals surface area contributed by atoms with Gasteiger partial charge in [-0.3, -0.25) is 9.58 Å². The fourth-order valence-corrected chi connectivity index (χ4v) is 4.11. The van der Waals surface area contributed by atoms with Crippen molar-refractivity contribution < 1.29 is 0 Å². The molecule has 3 aromatic heterocycles. The lowest BCUT2D eigenvalue weighted by Crippen LogP contribution is -2.23. The average Bonchev–Trinajstić information content (AvgIpc) is 3.39. The van der Waals surface area contributed by atoms with Gasteiger partial charge in [0.05, 0.1) is 29.3 Å². The zero-order valence-electron chi connectivity index (χ0n) is 18.3. The Bertz CT molecular complexity index is 1050. The molecule has 0 spiro atoms. The molecule has 0 aliphatic carbocycles. The van der Waals surface area contributed by atoms with Gasteiger partial charge in [0.25, 0.3) is 0 Å². The molecule has 1 N–H and O–H groups in total. The highest BCUT2D eigenvalue weighted by molar-refractivity contribution is 5.55. The summed E-state index contributed by atoms with van der Waals surface area (Å²) in [5.74, 6) is 0.791. The van der Waals surface area contributed by atoms with Crippen LogP contribution in [-0.2, 0) is 13.1 Å². The van der Waals surface area contributed by atoms with Crippen LogP contribution in [0.1, 0.15) is 61.3 Å². The maximum Gasteiger partial charge on any atom is 0.140 e. The zero-order valence-corrected chi connectivity index (χ0v) is 18.3. The molecule has 0 bridgehead atoms. The molecule has 1 atom stereocenters. The van der Waals surface area contributed by atoms with Crippen LogP contribution in [0.4, 0.5) is 11.5 Å². The Morgan fingerprint density at radius 1 is 1.26 bits per heavy atom. The highest BCUT2D eigenvalue weighted by atomic mass is 15.3. The fourth-order valence-electron chi connectivity index (χ4n) is 4.11. The van der Waals surface area contributed by atoms with Crippen LogP contribution < -0.4 is 5.32 Å². The highest BCUT2D eigenvalue weighted by Crippen LogP contribution is 2.33. The van der Waals surface area contributed by atoms with E-state index in [-0.39, 0.29) is 0 Å². The monoisotopic (exact) mass is 415 g/mol. The van der Waals surface area contributed by atoms with Crippen molar-refractivity contribution in [2.75, 3.05) is 11.9 Å². The summed E-state index contributed by atoms with van der Waals surface area (Å²) in [4.78, 5) is 11.5. The van der Waals surface area contributed by atoms with E-state index in [0.29, 0.717) is 11.7 Å². The summed E-state index contributed by atoms with van der Waals surface area (Å²) in [6.45, 7) is 7.28. The van der Waals surface area contributed by atoms with Crippen LogP contribution in [0.15, 0.2) is 42.7 Å². The normalized spacial score (nSPS) is 16.4. The van der Waals surface area contributed by atoms with Crippen LogP contribution in [0.25, 0.3) is 0 Å². The van der Waals surface area contributed by atoms with Gasteiger partial charge in [0.1, 0.15) is 17.6 Å². The molecule has 4 rings (SSSR count). The van der Waals surface area contributed by atoms with E-state index in [1.165, 1.54) is 18.4 Å². The summed E-state index contributed by atoms with van der Waals surface area (Å²) in [7, 11) is 0. The summed E-state index contributed by atoms with van der Waals surface area (Å²) in [6.07, 6.45) is 8.49. The van der Waals surface area contributed by atoms with E-state index >= 15 is 0 Å². The molecule has 0 radical (unpaired) electrons. The van der Waals surface area contributed by atoms with E-state index in [2.05, 4.69) is 46.0 Å². The van der Waals surface area contributed by atoms with Gasteiger partial charge >= 0.3 is 0 Å². The third kappa shape index (κ3) is 5.09. The van der Waals surface area contributed by atoms with Crippen molar-refractivity contribution in [3.63, 3.8) is 0 Å². The predicted molar refractivity (Wildman–Crippen MR) is 121 cm³/mol. The third-order valence-corrected chi connectivity index (χ3v) is 5.79. The minimum Gasteiger partial charge on any atom is -0.339 e. The Labute approximate surface area is 183 Å². The maximum atomic E-state index is 8.91. The Morgan fingerprint density at radius 3 is 2.94 bits per heavy atom. The van der Waals surface area contributed by atoms with Gasteiger partial charge in [-0.15, -0.1) is 0 Å². The number of aryl methyl sites for hydroxylation is 2. The lowest BCUT2D eigenvalue weighted by molar-refractivity contribution is 0.244. The second-order valence-corrected chi connectivity index (χ2v) is 8.10. The molecule has 1 fully saturated rings. The van der Waals surface area contributed by atoms with Crippen LogP contribution in [0.2, 0.25) is 0 Å². The van der Waals surface area contributed by atoms with E-state index in [0.717, 1.165) is 55.4 Å². The molecule has 1 aliphatic heterocycles. The molecule has 4 heterocycles. The number of pyridine rings is 2. The summed E-state index contributed by atoms with van der Waals surface area (Å²) in [5.41, 5.74) is 4.74. The van der Waals surface area contributed by atoms with Gasteiger partial charge in [0.15, 0.2) is 0 Å². The molecule has 1 saturated heterocycles. The first kappa shape index (κ1) is 21.0. The summed E-state index contributed by atoms with van der Waals surface area (Å²) in [5, 5.41) is 16.9. The Morgan fingerprint density at radius 2 is 2.16 bits per heavy atom. The summed E-state index contributed by atoms with van der Waals surface area (Å²) in [6, 6.07) is 12.0. The Hall–Kier alpha value is -3.24. The van der Waals surface area contributed by atoms with E-state index in [1.54, 1.807) is 12.3 Å². The van der Waals surface area contributed by atoms with Gasteiger partial charge in [-0.2, -0.15) is 10.4 Å². The van der Waals surface area contributed by atoms with Crippen molar-refractivity contribution in [2.45, 2.75) is 58.7 Å². The number of hydrogen-bond donors (Lipinski definition) is 1. The molecule has 7 heteroatoms. The van der Waals surface area contributed by atoms with Gasteiger partial charge in [-0.25, -0.2) is 9.97 Å². The number of unbranched alkanes of at least 4 members (excludes halogenated alkanes) is 1. The van der Waals surface area contributed by atoms with Gasteiger partial charge in [0, 0.05) is 24.8 Å². The Kier molecular flexibility index (Phi) is 6.58. The van der Waals surface area contributed by atoms with Gasteiger partial charge in [-0.1, -0.05) is 19.4 Å². The second-order valence-electron chi connectivity index (χ2n) is 8.10. The fraction of sp³-hybridized carbons (Fsp3) is 0.417. The molecule has 31 heavy (non-hydrogen) atoms. The van der Waals surface area contributed by atoms with Crippen molar-refractivity contribution in [2.24, 2.45) is 0 Å². The number of hydrogen-bond acceptors (Lipinski definition) is 6. The molecule has 1 aliphatic rings. The molecular formula is C24H29N7. The lowest BCUT2D eigenvalue weighted by Gasteiger charge is -2.24. The minimum absolute atomic E-state index is 0.305. The van der Waals surface area contributed by atoms with Gasteiger partial charge in [0.2, 0.25) is 0 Å². The number of rotatable bonds is 8. The maximum absolute atomic E-state index is 8.91. The molecule has 3 aromatic rings. The standard InChI is InChI=1S/C24H29N7/c1-3-4-13-31-17-19(18(2)29-31)16-30-12-6-8-23(30)22-7-5-9-24(28-22)27-21-11-10-20(14-25)26-15-21/h5,7,9-11,15,17,23H,3-4,6,8,12-13,16H2,1-2H3,(H,27,28). The lowest BCUT2D eigenvalue weighted by atomic mass is 10.1. The smallest absolute Gasteiger partial charge is 0.140 e. The van der Waals surface area contributed by atoms with E-state index in [4.69, 9.17) is 15.3 Å². The minimum atomic E-state index is 0.305. The number of aromatic nitrogens is 4. The van der Waals surface area contributed by atoms with Crippen molar-refractivity contribution in [1.29, 1.82) is 5.26 Å². The molecule has 160 valence electrons. The molecule has 1 unspecified atom stereocenters.